The standard InChI is InChI=1S/C21H24F4N2O5S/c1-3-20(22,23)12-27(13-21(24,25)4-2)16-10-14(19(28)29)11-17(33(26,30)31)18(16)32-15-8-6-5-7-9-15/h5-11H,3-4,12-13H2,1-2H3,(H,28,29)(H2,26,30,31)/i12D2,13D2. The monoisotopic (exact) mass is 496 g/mol. The first-order chi connectivity index (χ1) is 16.7. The minimum Gasteiger partial charge on any atom is -0.478 e. The van der Waals surface area contributed by atoms with Crippen LogP contribution in [0.2, 0.25) is 0 Å². The van der Waals surface area contributed by atoms with E-state index in [0.717, 1.165) is 13.8 Å². The highest BCUT2D eigenvalue weighted by Gasteiger charge is 2.38. The van der Waals surface area contributed by atoms with Crippen molar-refractivity contribution in [3.63, 3.8) is 0 Å². The molecule has 0 radical (unpaired) electrons. The molecule has 0 heterocycles. The third-order valence-corrected chi connectivity index (χ3v) is 5.15. The number of primary sulfonamides is 1. The van der Waals surface area contributed by atoms with Gasteiger partial charge in [-0.1, -0.05) is 32.0 Å². The molecular formula is C21H24F4N2O5S. The molecule has 0 amide bonds. The Balaban J connectivity index is 3.17. The Kier molecular flexibility index (Phi) is 6.25. The number of carboxylic acids is 1. The number of anilines is 1. The van der Waals surface area contributed by atoms with E-state index in [1.807, 2.05) is 0 Å². The quantitative estimate of drug-likeness (QED) is 0.436. The van der Waals surface area contributed by atoms with Crippen molar-refractivity contribution >= 4 is 21.7 Å². The van der Waals surface area contributed by atoms with Gasteiger partial charge in [0.05, 0.1) is 29.7 Å². The molecule has 3 N–H and O–H groups in total. The minimum absolute atomic E-state index is 0.206. The molecule has 2 aromatic carbocycles. The second-order valence-corrected chi connectivity index (χ2v) is 8.29. The van der Waals surface area contributed by atoms with Gasteiger partial charge in [-0.2, -0.15) is 0 Å². The second kappa shape index (κ2) is 9.96. The van der Waals surface area contributed by atoms with E-state index in [1.165, 1.54) is 30.3 Å². The van der Waals surface area contributed by atoms with Crippen LogP contribution < -0.4 is 14.8 Å². The Labute approximate surface area is 194 Å². The number of sulfonamides is 1. The summed E-state index contributed by atoms with van der Waals surface area (Å²) >= 11 is 0. The summed E-state index contributed by atoms with van der Waals surface area (Å²) < 4.78 is 122. The Morgan fingerprint density at radius 3 is 2.03 bits per heavy atom. The van der Waals surface area contributed by atoms with Gasteiger partial charge in [-0.05, 0) is 24.3 Å². The van der Waals surface area contributed by atoms with Crippen LogP contribution in [0.4, 0.5) is 23.2 Å². The van der Waals surface area contributed by atoms with Crippen LogP contribution in [0.15, 0.2) is 47.4 Å². The van der Waals surface area contributed by atoms with Crippen LogP contribution in [0, 0.1) is 0 Å². The highest BCUT2D eigenvalue weighted by molar-refractivity contribution is 7.89. The summed E-state index contributed by atoms with van der Waals surface area (Å²) in [5.74, 6) is -12.2. The van der Waals surface area contributed by atoms with Gasteiger partial charge in [0.1, 0.15) is 10.6 Å². The molecule has 0 unspecified atom stereocenters. The number of hydrogen-bond donors (Lipinski definition) is 2. The topological polar surface area (TPSA) is 110 Å². The number of halogens is 4. The molecule has 12 heteroatoms. The molecule has 0 fully saturated rings. The number of benzene rings is 2. The summed E-state index contributed by atoms with van der Waals surface area (Å²) in [5.41, 5.74) is -2.35. The van der Waals surface area contributed by atoms with Crippen molar-refractivity contribution in [1.82, 2.24) is 0 Å². The number of para-hydroxylation sites is 1. The van der Waals surface area contributed by atoms with E-state index in [1.54, 1.807) is 0 Å². The fourth-order valence-corrected chi connectivity index (χ4v) is 3.13. The lowest BCUT2D eigenvalue weighted by molar-refractivity contribution is -0.0160. The number of nitrogens with two attached hydrogens (primary N) is 1. The number of ether oxygens (including phenoxy) is 1. The van der Waals surface area contributed by atoms with Crippen molar-refractivity contribution in [2.24, 2.45) is 5.14 Å². The van der Waals surface area contributed by atoms with Gasteiger partial charge in [0.2, 0.25) is 10.0 Å². The van der Waals surface area contributed by atoms with Crippen LogP contribution >= 0.6 is 0 Å². The maximum absolute atomic E-state index is 14.9. The Morgan fingerprint density at radius 2 is 1.61 bits per heavy atom. The van der Waals surface area contributed by atoms with Crippen LogP contribution in [0.1, 0.15) is 42.5 Å². The first kappa shape index (κ1) is 20.7. The molecule has 7 nitrogen and oxygen atoms in total. The van der Waals surface area contributed by atoms with Crippen molar-refractivity contribution in [3.05, 3.63) is 48.0 Å². The van der Waals surface area contributed by atoms with Gasteiger partial charge >= 0.3 is 5.97 Å². The molecule has 2 aromatic rings. The van der Waals surface area contributed by atoms with E-state index >= 15 is 0 Å². The van der Waals surface area contributed by atoms with Crippen LogP contribution in [0.3, 0.4) is 0 Å². The molecule has 0 saturated carbocycles. The van der Waals surface area contributed by atoms with Crippen molar-refractivity contribution < 1.29 is 46.1 Å². The molecule has 0 bridgehead atoms. The van der Waals surface area contributed by atoms with Crippen LogP contribution in [0.5, 0.6) is 11.5 Å². The largest absolute Gasteiger partial charge is 0.478 e. The highest BCUT2D eigenvalue weighted by Crippen LogP contribution is 2.41. The number of aromatic carboxylic acids is 1. The molecule has 0 saturated heterocycles. The van der Waals surface area contributed by atoms with E-state index in [2.05, 4.69) is 0 Å². The summed E-state index contributed by atoms with van der Waals surface area (Å²) in [6.45, 7) is -6.92. The van der Waals surface area contributed by atoms with Gasteiger partial charge in [0, 0.05) is 12.8 Å². The van der Waals surface area contributed by atoms with Gasteiger partial charge in [0.15, 0.2) is 5.75 Å². The van der Waals surface area contributed by atoms with Crippen LogP contribution in [-0.4, -0.2) is 44.3 Å². The lowest BCUT2D eigenvalue weighted by Gasteiger charge is -2.33. The first-order valence-corrected chi connectivity index (χ1v) is 11.0. The Bertz CT molecular complexity index is 1240. The van der Waals surface area contributed by atoms with Crippen molar-refractivity contribution in [1.29, 1.82) is 0 Å². The zero-order valence-corrected chi connectivity index (χ0v) is 18.3. The lowest BCUT2D eigenvalue weighted by Crippen LogP contribution is -2.43. The van der Waals surface area contributed by atoms with E-state index in [0.29, 0.717) is 12.1 Å². The number of hydrogen-bond acceptors (Lipinski definition) is 5. The number of alkyl halides is 4. The van der Waals surface area contributed by atoms with E-state index in [4.69, 9.17) is 15.4 Å². The van der Waals surface area contributed by atoms with Crippen LogP contribution in [-0.2, 0) is 10.0 Å². The van der Waals surface area contributed by atoms with E-state index in [-0.39, 0.29) is 5.75 Å². The fraction of sp³-hybridized carbons (Fsp3) is 0.381. The maximum atomic E-state index is 14.9. The zero-order valence-electron chi connectivity index (χ0n) is 21.5. The third-order valence-electron chi connectivity index (χ3n) is 4.23. The predicted molar refractivity (Wildman–Crippen MR) is 114 cm³/mol. The molecule has 0 aliphatic heterocycles. The molecule has 0 aliphatic rings. The zero-order chi connectivity index (χ0) is 28.6. The molecule has 0 spiro atoms. The highest BCUT2D eigenvalue weighted by atomic mass is 32.2. The molecular weight excluding hydrogens is 468 g/mol. The fourth-order valence-electron chi connectivity index (χ4n) is 2.43. The second-order valence-electron chi connectivity index (χ2n) is 6.76. The van der Waals surface area contributed by atoms with Gasteiger partial charge in [0.25, 0.3) is 11.8 Å². The summed E-state index contributed by atoms with van der Waals surface area (Å²) in [7, 11) is -4.97. The number of nitrogens with zero attached hydrogens (tertiary/aromatic N) is 1. The number of rotatable bonds is 11. The molecule has 0 aliphatic carbocycles. The predicted octanol–water partition coefficient (Wildman–Crippen LogP) is 4.72. The summed E-state index contributed by atoms with van der Waals surface area (Å²) in [5, 5.41) is 14.7. The summed E-state index contributed by atoms with van der Waals surface area (Å²) in [6, 6.07) is 7.58. The Hall–Kier alpha value is -2.86. The smallest absolute Gasteiger partial charge is 0.335 e. The van der Waals surface area contributed by atoms with Crippen molar-refractivity contribution in [2.45, 2.75) is 43.4 Å². The van der Waals surface area contributed by atoms with Crippen molar-refractivity contribution in [3.8, 4) is 11.5 Å². The molecule has 0 aromatic heterocycles. The van der Waals surface area contributed by atoms with Gasteiger partial charge < -0.3 is 14.7 Å². The van der Waals surface area contributed by atoms with E-state index < -0.39 is 80.5 Å². The maximum Gasteiger partial charge on any atom is 0.335 e. The molecule has 33 heavy (non-hydrogen) atoms. The van der Waals surface area contributed by atoms with Gasteiger partial charge in [-0.25, -0.2) is 35.9 Å². The van der Waals surface area contributed by atoms with Gasteiger partial charge in [-0.3, -0.25) is 0 Å². The SMILES string of the molecule is [2H]C([2H])(N(c1cc(C(=O)O)cc(S(N)(=O)=O)c1Oc1ccccc1)C([2H])([2H])C(F)(F)CC)C(F)(F)CC. The average Bonchev–Trinajstić information content (AvgIpc) is 2.79. The third kappa shape index (κ3) is 7.06. The van der Waals surface area contributed by atoms with Crippen LogP contribution in [0.25, 0.3) is 0 Å². The number of carboxylic acid groups (broad SMARTS) is 1. The first-order valence-electron chi connectivity index (χ1n) is 11.5. The lowest BCUT2D eigenvalue weighted by atomic mass is 10.1. The van der Waals surface area contributed by atoms with E-state index in [9.17, 15) is 35.9 Å². The molecule has 182 valence electrons. The normalized spacial score (nSPS) is 15.1. The summed E-state index contributed by atoms with van der Waals surface area (Å²) in [4.78, 5) is 9.88. The minimum atomic E-state index is -4.97. The van der Waals surface area contributed by atoms with Gasteiger partial charge in [-0.15, -0.1) is 0 Å². The average molecular weight is 497 g/mol. The number of carbonyl (C=O) groups is 1. The van der Waals surface area contributed by atoms with Crippen molar-refractivity contribution in [2.75, 3.05) is 17.9 Å². The Morgan fingerprint density at radius 1 is 1.09 bits per heavy atom. The molecule has 0 atom stereocenters. The summed E-state index contributed by atoms with van der Waals surface area (Å²) in [6.07, 6.45) is -2.58. The molecule has 2 rings (SSSR count).